The SMILES string of the molecule is O=C(COC(=O)c1cccs1)Nc1cc(S(=O)(=O)N2CCCC2)ccc1Cl. The van der Waals surface area contributed by atoms with E-state index in [0.717, 1.165) is 12.8 Å². The van der Waals surface area contributed by atoms with Gasteiger partial charge >= 0.3 is 5.97 Å². The first kappa shape index (κ1) is 19.8. The van der Waals surface area contributed by atoms with Crippen LogP contribution in [0.25, 0.3) is 0 Å². The van der Waals surface area contributed by atoms with Crippen molar-refractivity contribution in [3.63, 3.8) is 0 Å². The van der Waals surface area contributed by atoms with Gasteiger partial charge in [0.25, 0.3) is 5.91 Å². The molecule has 1 amide bonds. The summed E-state index contributed by atoms with van der Waals surface area (Å²) in [5, 5.41) is 4.40. The van der Waals surface area contributed by atoms with Gasteiger partial charge in [-0.1, -0.05) is 17.7 Å². The van der Waals surface area contributed by atoms with E-state index in [1.165, 1.54) is 33.8 Å². The Labute approximate surface area is 165 Å². The van der Waals surface area contributed by atoms with E-state index in [-0.39, 0.29) is 15.6 Å². The lowest BCUT2D eigenvalue weighted by Gasteiger charge is -2.16. The molecule has 1 saturated heterocycles. The van der Waals surface area contributed by atoms with Crippen molar-refractivity contribution in [3.05, 3.63) is 45.6 Å². The van der Waals surface area contributed by atoms with Crippen LogP contribution < -0.4 is 5.32 Å². The lowest BCUT2D eigenvalue weighted by Crippen LogP contribution is -2.28. The van der Waals surface area contributed by atoms with Crippen LogP contribution in [0.15, 0.2) is 40.6 Å². The Morgan fingerprint density at radius 2 is 1.96 bits per heavy atom. The molecule has 0 radical (unpaired) electrons. The molecule has 1 fully saturated rings. The first-order chi connectivity index (χ1) is 12.9. The van der Waals surface area contributed by atoms with Gasteiger partial charge in [-0.25, -0.2) is 13.2 Å². The molecule has 0 saturated carbocycles. The van der Waals surface area contributed by atoms with Gasteiger partial charge in [-0.3, -0.25) is 4.79 Å². The first-order valence-corrected chi connectivity index (χ1v) is 10.9. The summed E-state index contributed by atoms with van der Waals surface area (Å²) in [5.74, 6) is -1.21. The maximum Gasteiger partial charge on any atom is 0.348 e. The number of thiophene rings is 1. The van der Waals surface area contributed by atoms with Gasteiger partial charge in [0.05, 0.1) is 15.6 Å². The molecule has 7 nitrogen and oxygen atoms in total. The van der Waals surface area contributed by atoms with Crippen LogP contribution in [0.4, 0.5) is 5.69 Å². The number of ether oxygens (including phenoxy) is 1. The van der Waals surface area contributed by atoms with E-state index in [0.29, 0.717) is 18.0 Å². The average molecular weight is 429 g/mol. The first-order valence-electron chi connectivity index (χ1n) is 8.18. The van der Waals surface area contributed by atoms with E-state index in [1.807, 2.05) is 0 Å². The molecule has 1 aromatic heterocycles. The van der Waals surface area contributed by atoms with Gasteiger partial charge in [0.1, 0.15) is 4.88 Å². The molecular formula is C17H17ClN2O5S2. The number of carbonyl (C=O) groups excluding carboxylic acids is 2. The highest BCUT2D eigenvalue weighted by atomic mass is 35.5. The molecule has 1 aliphatic rings. The normalized spacial score (nSPS) is 14.9. The van der Waals surface area contributed by atoms with E-state index in [2.05, 4.69) is 5.32 Å². The van der Waals surface area contributed by atoms with Gasteiger partial charge in [0, 0.05) is 13.1 Å². The van der Waals surface area contributed by atoms with Crippen LogP contribution in [0.5, 0.6) is 0 Å². The fourth-order valence-electron chi connectivity index (χ4n) is 2.62. The van der Waals surface area contributed by atoms with Crippen molar-refractivity contribution in [2.45, 2.75) is 17.7 Å². The van der Waals surface area contributed by atoms with E-state index in [1.54, 1.807) is 17.5 Å². The Morgan fingerprint density at radius 3 is 2.63 bits per heavy atom. The van der Waals surface area contributed by atoms with Gasteiger partial charge in [-0.15, -0.1) is 11.3 Å². The summed E-state index contributed by atoms with van der Waals surface area (Å²) in [6.07, 6.45) is 1.65. The van der Waals surface area contributed by atoms with Crippen LogP contribution in [0.1, 0.15) is 22.5 Å². The fourth-order valence-corrected chi connectivity index (χ4v) is 4.95. The molecule has 144 valence electrons. The molecule has 10 heteroatoms. The molecule has 27 heavy (non-hydrogen) atoms. The van der Waals surface area contributed by atoms with E-state index < -0.39 is 28.5 Å². The molecule has 2 aromatic rings. The molecule has 0 unspecified atom stereocenters. The summed E-state index contributed by atoms with van der Waals surface area (Å²) in [6.45, 7) is 0.451. The molecule has 1 aliphatic heterocycles. The Kier molecular flexibility index (Phi) is 6.15. The highest BCUT2D eigenvalue weighted by Gasteiger charge is 2.27. The third-order valence-corrected chi connectivity index (χ3v) is 7.05. The number of esters is 1. The van der Waals surface area contributed by atoms with Crippen molar-refractivity contribution < 1.29 is 22.7 Å². The maximum atomic E-state index is 12.6. The van der Waals surface area contributed by atoms with Crippen LogP contribution in [0.2, 0.25) is 5.02 Å². The molecule has 0 aliphatic carbocycles. The minimum atomic E-state index is -3.63. The van der Waals surface area contributed by atoms with Crippen molar-refractivity contribution >= 4 is 50.5 Å². The molecule has 0 spiro atoms. The predicted molar refractivity (Wildman–Crippen MR) is 103 cm³/mol. The molecular weight excluding hydrogens is 412 g/mol. The number of rotatable bonds is 6. The highest BCUT2D eigenvalue weighted by molar-refractivity contribution is 7.89. The Balaban J connectivity index is 1.67. The topological polar surface area (TPSA) is 92.8 Å². The van der Waals surface area contributed by atoms with Crippen molar-refractivity contribution in [1.82, 2.24) is 4.31 Å². The number of amides is 1. The smallest absolute Gasteiger partial charge is 0.348 e. The number of nitrogens with one attached hydrogen (secondary N) is 1. The quantitative estimate of drug-likeness (QED) is 0.714. The van der Waals surface area contributed by atoms with Crippen molar-refractivity contribution in [2.75, 3.05) is 25.0 Å². The molecule has 0 bridgehead atoms. The lowest BCUT2D eigenvalue weighted by atomic mass is 10.3. The number of carbonyl (C=O) groups is 2. The highest BCUT2D eigenvalue weighted by Crippen LogP contribution is 2.28. The number of nitrogens with zero attached hydrogens (tertiary/aromatic N) is 1. The zero-order chi connectivity index (χ0) is 19.4. The number of anilines is 1. The number of halogens is 1. The number of benzene rings is 1. The lowest BCUT2D eigenvalue weighted by molar-refractivity contribution is -0.119. The Bertz CT molecular complexity index is 938. The van der Waals surface area contributed by atoms with E-state index >= 15 is 0 Å². The predicted octanol–water partition coefficient (Wildman–Crippen LogP) is 2.98. The monoisotopic (exact) mass is 428 g/mol. The fraction of sp³-hybridized carbons (Fsp3) is 0.294. The van der Waals surface area contributed by atoms with Crippen LogP contribution in [-0.2, 0) is 19.6 Å². The van der Waals surface area contributed by atoms with Crippen LogP contribution in [0.3, 0.4) is 0 Å². The number of hydrogen-bond donors (Lipinski definition) is 1. The second kappa shape index (κ2) is 8.39. The van der Waals surface area contributed by atoms with Crippen molar-refractivity contribution in [3.8, 4) is 0 Å². The van der Waals surface area contributed by atoms with Crippen molar-refractivity contribution in [1.29, 1.82) is 0 Å². The van der Waals surface area contributed by atoms with Gasteiger partial charge < -0.3 is 10.1 Å². The molecule has 2 heterocycles. The molecule has 3 rings (SSSR count). The molecule has 1 N–H and O–H groups in total. The number of sulfonamides is 1. The van der Waals surface area contributed by atoms with E-state index in [4.69, 9.17) is 16.3 Å². The average Bonchev–Trinajstić information content (AvgIpc) is 3.35. The summed E-state index contributed by atoms with van der Waals surface area (Å²) < 4.78 is 31.6. The van der Waals surface area contributed by atoms with Crippen LogP contribution in [-0.4, -0.2) is 44.3 Å². The summed E-state index contributed by atoms with van der Waals surface area (Å²) >= 11 is 7.27. The second-order valence-electron chi connectivity index (χ2n) is 5.85. The molecule has 1 aromatic carbocycles. The Hall–Kier alpha value is -1.94. The third-order valence-electron chi connectivity index (χ3n) is 3.97. The number of hydrogen-bond acceptors (Lipinski definition) is 6. The standard InChI is InChI=1S/C17H17ClN2O5S2/c18-13-6-5-12(27(23,24)20-7-1-2-8-20)10-14(13)19-16(21)11-25-17(22)15-4-3-9-26-15/h3-6,9-10H,1-2,7-8,11H2,(H,19,21). The van der Waals surface area contributed by atoms with Gasteiger partial charge in [-0.2, -0.15) is 4.31 Å². The summed E-state index contributed by atoms with van der Waals surface area (Å²) in [4.78, 5) is 24.3. The van der Waals surface area contributed by atoms with Gasteiger partial charge in [0.2, 0.25) is 10.0 Å². The second-order valence-corrected chi connectivity index (χ2v) is 9.15. The van der Waals surface area contributed by atoms with Crippen LogP contribution >= 0.6 is 22.9 Å². The third kappa shape index (κ3) is 4.67. The van der Waals surface area contributed by atoms with Gasteiger partial charge in [0.15, 0.2) is 6.61 Å². The zero-order valence-electron chi connectivity index (χ0n) is 14.2. The largest absolute Gasteiger partial charge is 0.451 e. The summed E-state index contributed by atoms with van der Waals surface area (Å²) in [7, 11) is -3.63. The Morgan fingerprint density at radius 1 is 1.22 bits per heavy atom. The summed E-state index contributed by atoms with van der Waals surface area (Å²) in [6, 6.07) is 7.43. The van der Waals surface area contributed by atoms with Gasteiger partial charge in [-0.05, 0) is 42.5 Å². The van der Waals surface area contributed by atoms with E-state index in [9.17, 15) is 18.0 Å². The maximum absolute atomic E-state index is 12.6. The minimum absolute atomic E-state index is 0.0553. The van der Waals surface area contributed by atoms with Crippen molar-refractivity contribution in [2.24, 2.45) is 0 Å². The zero-order valence-corrected chi connectivity index (χ0v) is 16.6. The molecule has 0 atom stereocenters. The summed E-state index contributed by atoms with van der Waals surface area (Å²) in [5.41, 5.74) is 0.147. The minimum Gasteiger partial charge on any atom is -0.451 e. The van der Waals surface area contributed by atoms with Crippen LogP contribution in [0, 0.1) is 0 Å².